The molecule has 1 aliphatic heterocycles. The standard InChI is InChI=1S/C6H11F2NO4/c7-6(8)1-4(13-9)12-3(2-10)5(6)11/h3-5,10-11H,1-2,9H2/t3-,4-,5-/m1/s1. The molecular formula is C6H11F2NO4. The van der Waals surface area contributed by atoms with Crippen molar-refractivity contribution in [3.05, 3.63) is 0 Å². The molecule has 0 aliphatic carbocycles. The summed E-state index contributed by atoms with van der Waals surface area (Å²) in [5, 5.41) is 17.6. The molecule has 1 aliphatic rings. The van der Waals surface area contributed by atoms with E-state index in [-0.39, 0.29) is 0 Å². The number of alkyl halides is 2. The number of halogens is 2. The fourth-order valence-corrected chi connectivity index (χ4v) is 1.16. The van der Waals surface area contributed by atoms with Crippen LogP contribution in [0.2, 0.25) is 0 Å². The van der Waals surface area contributed by atoms with Gasteiger partial charge in [0.05, 0.1) is 13.0 Å². The van der Waals surface area contributed by atoms with E-state index in [2.05, 4.69) is 10.7 Å². The lowest BCUT2D eigenvalue weighted by Gasteiger charge is -2.37. The molecule has 0 unspecified atom stereocenters. The molecule has 13 heavy (non-hydrogen) atoms. The Labute approximate surface area is 73.0 Å². The zero-order chi connectivity index (χ0) is 10.1. The number of aliphatic hydroxyl groups is 2. The Morgan fingerprint density at radius 1 is 1.62 bits per heavy atom. The average molecular weight is 199 g/mol. The normalized spacial score (nSPS) is 39.0. The molecule has 7 heteroatoms. The molecule has 0 saturated carbocycles. The van der Waals surface area contributed by atoms with Crippen LogP contribution in [0.15, 0.2) is 0 Å². The second-order valence-corrected chi connectivity index (χ2v) is 2.83. The summed E-state index contributed by atoms with van der Waals surface area (Å²) in [5.41, 5.74) is 0. The van der Waals surface area contributed by atoms with Crippen molar-refractivity contribution in [2.24, 2.45) is 5.90 Å². The Balaban J connectivity index is 2.69. The first-order valence-electron chi connectivity index (χ1n) is 3.69. The van der Waals surface area contributed by atoms with Gasteiger partial charge in [0.15, 0.2) is 6.29 Å². The minimum Gasteiger partial charge on any atom is -0.394 e. The van der Waals surface area contributed by atoms with Gasteiger partial charge in [0.25, 0.3) is 5.92 Å². The number of hydrogen-bond donors (Lipinski definition) is 3. The van der Waals surface area contributed by atoms with Crippen molar-refractivity contribution in [2.45, 2.75) is 30.8 Å². The summed E-state index contributed by atoms with van der Waals surface area (Å²) in [5.74, 6) is 1.31. The Bertz CT molecular complexity index is 180. The van der Waals surface area contributed by atoms with E-state index in [9.17, 15) is 8.78 Å². The third-order valence-corrected chi connectivity index (χ3v) is 1.88. The molecule has 4 N–H and O–H groups in total. The van der Waals surface area contributed by atoms with Gasteiger partial charge in [0, 0.05) is 0 Å². The number of aliphatic hydroxyl groups excluding tert-OH is 2. The summed E-state index contributed by atoms with van der Waals surface area (Å²) < 4.78 is 30.5. The lowest BCUT2D eigenvalue weighted by molar-refractivity contribution is -0.299. The highest BCUT2D eigenvalue weighted by molar-refractivity contribution is 4.88. The quantitative estimate of drug-likeness (QED) is 0.496. The summed E-state index contributed by atoms with van der Waals surface area (Å²) in [6.07, 6.45) is -5.50. The van der Waals surface area contributed by atoms with Gasteiger partial charge in [-0.1, -0.05) is 0 Å². The lowest BCUT2D eigenvalue weighted by Crippen LogP contribution is -2.54. The largest absolute Gasteiger partial charge is 0.394 e. The van der Waals surface area contributed by atoms with Crippen molar-refractivity contribution in [1.29, 1.82) is 0 Å². The average Bonchev–Trinajstić information content (AvgIpc) is 2.09. The van der Waals surface area contributed by atoms with Gasteiger partial charge >= 0.3 is 0 Å². The zero-order valence-electron chi connectivity index (χ0n) is 6.69. The van der Waals surface area contributed by atoms with Gasteiger partial charge in [0.1, 0.15) is 12.2 Å². The molecule has 0 spiro atoms. The molecule has 3 atom stereocenters. The second kappa shape index (κ2) is 3.81. The first-order valence-corrected chi connectivity index (χ1v) is 3.69. The van der Waals surface area contributed by atoms with Crippen LogP contribution in [0.5, 0.6) is 0 Å². The summed E-state index contributed by atoms with van der Waals surface area (Å²) in [6, 6.07) is 0. The summed E-state index contributed by atoms with van der Waals surface area (Å²) in [6.45, 7) is -0.712. The summed E-state index contributed by atoms with van der Waals surface area (Å²) in [4.78, 5) is 4.08. The maximum absolute atomic E-state index is 12.9. The summed E-state index contributed by atoms with van der Waals surface area (Å²) >= 11 is 0. The number of nitrogens with two attached hydrogens (primary N) is 1. The van der Waals surface area contributed by atoms with Gasteiger partial charge in [-0.05, 0) is 0 Å². The molecule has 1 heterocycles. The fraction of sp³-hybridized carbons (Fsp3) is 1.00. The van der Waals surface area contributed by atoms with Crippen LogP contribution in [0, 0.1) is 0 Å². The van der Waals surface area contributed by atoms with Gasteiger partial charge < -0.3 is 14.9 Å². The van der Waals surface area contributed by atoms with Crippen LogP contribution in [0.4, 0.5) is 8.78 Å². The van der Waals surface area contributed by atoms with E-state index < -0.39 is 37.4 Å². The highest BCUT2D eigenvalue weighted by Gasteiger charge is 2.50. The Morgan fingerprint density at radius 3 is 2.69 bits per heavy atom. The molecule has 78 valence electrons. The Morgan fingerprint density at radius 2 is 2.23 bits per heavy atom. The third-order valence-electron chi connectivity index (χ3n) is 1.88. The predicted octanol–water partition coefficient (Wildman–Crippen LogP) is -1.02. The minimum absolute atomic E-state index is 0.712. The van der Waals surface area contributed by atoms with Crippen LogP contribution in [0.1, 0.15) is 6.42 Å². The third kappa shape index (κ3) is 2.12. The Kier molecular flexibility index (Phi) is 3.14. The summed E-state index contributed by atoms with van der Waals surface area (Å²) in [7, 11) is 0. The number of hydrogen-bond acceptors (Lipinski definition) is 5. The van der Waals surface area contributed by atoms with E-state index in [0.29, 0.717) is 0 Å². The van der Waals surface area contributed by atoms with E-state index in [1.165, 1.54) is 0 Å². The number of ether oxygens (including phenoxy) is 1. The van der Waals surface area contributed by atoms with Crippen molar-refractivity contribution in [3.63, 3.8) is 0 Å². The molecule has 0 amide bonds. The SMILES string of the molecule is NO[C@@H]1CC(F)(F)[C@H](O)[C@@H](CO)O1. The van der Waals surface area contributed by atoms with Gasteiger partial charge in [0.2, 0.25) is 0 Å². The maximum Gasteiger partial charge on any atom is 0.281 e. The van der Waals surface area contributed by atoms with Crippen LogP contribution in [0.25, 0.3) is 0 Å². The Hall–Kier alpha value is -0.340. The molecule has 1 rings (SSSR count). The lowest BCUT2D eigenvalue weighted by atomic mass is 10.0. The van der Waals surface area contributed by atoms with Crippen molar-refractivity contribution < 1.29 is 28.6 Å². The van der Waals surface area contributed by atoms with E-state index in [1.54, 1.807) is 0 Å². The van der Waals surface area contributed by atoms with Crippen molar-refractivity contribution in [1.82, 2.24) is 0 Å². The van der Waals surface area contributed by atoms with Crippen LogP contribution in [-0.2, 0) is 9.57 Å². The second-order valence-electron chi connectivity index (χ2n) is 2.83. The fourth-order valence-electron chi connectivity index (χ4n) is 1.16. The molecule has 0 aromatic rings. The van der Waals surface area contributed by atoms with Gasteiger partial charge in [-0.3, -0.25) is 4.84 Å². The van der Waals surface area contributed by atoms with E-state index in [0.717, 1.165) is 0 Å². The molecule has 1 saturated heterocycles. The molecule has 0 bridgehead atoms. The monoisotopic (exact) mass is 199 g/mol. The first kappa shape index (κ1) is 10.7. The van der Waals surface area contributed by atoms with Gasteiger partial charge in [-0.25, -0.2) is 14.7 Å². The molecule has 0 aromatic heterocycles. The highest BCUT2D eigenvalue weighted by atomic mass is 19.3. The van der Waals surface area contributed by atoms with Crippen molar-refractivity contribution in [3.8, 4) is 0 Å². The number of rotatable bonds is 2. The molecule has 5 nitrogen and oxygen atoms in total. The topological polar surface area (TPSA) is 84.9 Å². The van der Waals surface area contributed by atoms with Crippen LogP contribution < -0.4 is 5.90 Å². The van der Waals surface area contributed by atoms with Crippen LogP contribution >= 0.6 is 0 Å². The first-order chi connectivity index (χ1) is 6.01. The molecule has 0 radical (unpaired) electrons. The molecular weight excluding hydrogens is 188 g/mol. The molecule has 1 fully saturated rings. The predicted molar refractivity (Wildman–Crippen MR) is 36.6 cm³/mol. The maximum atomic E-state index is 12.9. The van der Waals surface area contributed by atoms with Crippen LogP contribution in [-0.4, -0.2) is 41.2 Å². The smallest absolute Gasteiger partial charge is 0.281 e. The zero-order valence-corrected chi connectivity index (χ0v) is 6.69. The molecule has 0 aromatic carbocycles. The minimum atomic E-state index is -3.35. The highest BCUT2D eigenvalue weighted by Crippen LogP contribution is 2.33. The van der Waals surface area contributed by atoms with Crippen molar-refractivity contribution >= 4 is 0 Å². The van der Waals surface area contributed by atoms with E-state index in [4.69, 9.17) is 14.9 Å². The van der Waals surface area contributed by atoms with E-state index >= 15 is 0 Å². The van der Waals surface area contributed by atoms with Crippen LogP contribution in [0.3, 0.4) is 0 Å². The van der Waals surface area contributed by atoms with Gasteiger partial charge in [-0.2, -0.15) is 0 Å². The van der Waals surface area contributed by atoms with E-state index in [1.807, 2.05) is 0 Å². The van der Waals surface area contributed by atoms with Crippen molar-refractivity contribution in [2.75, 3.05) is 6.61 Å². The van der Waals surface area contributed by atoms with Gasteiger partial charge in [-0.15, -0.1) is 0 Å².